The molecule has 0 bridgehead atoms. The van der Waals surface area contributed by atoms with Crippen LogP contribution in [0.1, 0.15) is 31.4 Å². The van der Waals surface area contributed by atoms with E-state index in [0.717, 1.165) is 12.1 Å². The molecule has 0 radical (unpaired) electrons. The Kier molecular flexibility index (Phi) is 6.60. The van der Waals surface area contributed by atoms with Crippen LogP contribution in [0, 0.1) is 5.92 Å². The fourth-order valence-corrected chi connectivity index (χ4v) is 2.06. The van der Waals surface area contributed by atoms with Gasteiger partial charge in [-0.2, -0.15) is 13.2 Å². The Balaban J connectivity index is 2.81. The summed E-state index contributed by atoms with van der Waals surface area (Å²) >= 11 is 0. The molecule has 0 aliphatic carbocycles. The Labute approximate surface area is 133 Å². The number of hydrogen-bond donors (Lipinski definition) is 1. The van der Waals surface area contributed by atoms with E-state index in [1.807, 2.05) is 6.92 Å². The zero-order chi connectivity index (χ0) is 17.6. The normalized spacial score (nSPS) is 14.0. The number of ether oxygens (including phenoxy) is 1. The van der Waals surface area contributed by atoms with Gasteiger partial charge in [-0.15, -0.1) is 0 Å². The molecular formula is C16H20F3NO3. The maximum Gasteiger partial charge on any atom is 0.416 e. The third-order valence-electron chi connectivity index (χ3n) is 3.60. The lowest BCUT2D eigenvalue weighted by molar-refractivity contribution is -0.146. The van der Waals surface area contributed by atoms with Crippen LogP contribution < -0.4 is 5.32 Å². The van der Waals surface area contributed by atoms with Gasteiger partial charge < -0.3 is 10.1 Å². The van der Waals surface area contributed by atoms with Gasteiger partial charge in [0.25, 0.3) is 0 Å². The van der Waals surface area contributed by atoms with Crippen molar-refractivity contribution in [1.82, 2.24) is 5.32 Å². The second-order valence-electron chi connectivity index (χ2n) is 5.33. The predicted octanol–water partition coefficient (Wildman–Crippen LogP) is 2.95. The average molecular weight is 331 g/mol. The molecule has 1 rings (SSSR count). The Morgan fingerprint density at radius 1 is 1.30 bits per heavy atom. The number of carbonyl (C=O) groups excluding carboxylic acids is 2. The lowest BCUT2D eigenvalue weighted by Gasteiger charge is -2.21. The van der Waals surface area contributed by atoms with Crippen LogP contribution >= 0.6 is 0 Å². The van der Waals surface area contributed by atoms with Crippen LogP contribution in [0.3, 0.4) is 0 Å². The number of benzene rings is 1. The molecule has 7 heteroatoms. The summed E-state index contributed by atoms with van der Waals surface area (Å²) in [6, 6.07) is 3.74. The highest BCUT2D eigenvalue weighted by atomic mass is 19.4. The SMILES string of the molecule is CC[C@H](C)[C@H](NC(=O)Cc1cccc(C(F)(F)F)c1)C(=O)OC. The Hall–Kier alpha value is -2.05. The highest BCUT2D eigenvalue weighted by molar-refractivity contribution is 5.85. The van der Waals surface area contributed by atoms with Crippen LogP contribution in [0.5, 0.6) is 0 Å². The van der Waals surface area contributed by atoms with Crippen molar-refractivity contribution in [2.45, 2.75) is 38.9 Å². The van der Waals surface area contributed by atoms with E-state index in [1.165, 1.54) is 19.2 Å². The van der Waals surface area contributed by atoms with E-state index in [9.17, 15) is 22.8 Å². The second kappa shape index (κ2) is 7.99. The minimum absolute atomic E-state index is 0.145. The van der Waals surface area contributed by atoms with Gasteiger partial charge in [-0.25, -0.2) is 4.79 Å². The maximum absolute atomic E-state index is 12.7. The summed E-state index contributed by atoms with van der Waals surface area (Å²) in [6.45, 7) is 3.64. The molecule has 2 atom stereocenters. The molecule has 0 aromatic heterocycles. The minimum atomic E-state index is -4.46. The number of esters is 1. The molecule has 0 heterocycles. The second-order valence-corrected chi connectivity index (χ2v) is 5.33. The molecule has 0 saturated heterocycles. The number of hydrogen-bond acceptors (Lipinski definition) is 3. The quantitative estimate of drug-likeness (QED) is 0.816. The Morgan fingerprint density at radius 2 is 1.96 bits per heavy atom. The van der Waals surface area contributed by atoms with Crippen molar-refractivity contribution in [2.75, 3.05) is 7.11 Å². The molecule has 1 aromatic rings. The summed E-state index contributed by atoms with van der Waals surface area (Å²) in [5.74, 6) is -1.25. The number of rotatable bonds is 6. The molecule has 128 valence electrons. The molecule has 0 spiro atoms. The van der Waals surface area contributed by atoms with Gasteiger partial charge in [0.05, 0.1) is 19.1 Å². The summed E-state index contributed by atoms with van der Waals surface area (Å²) in [5, 5.41) is 2.53. The lowest BCUT2D eigenvalue weighted by atomic mass is 9.98. The fourth-order valence-electron chi connectivity index (χ4n) is 2.06. The number of nitrogens with one attached hydrogen (secondary N) is 1. The zero-order valence-electron chi connectivity index (χ0n) is 13.2. The first kappa shape index (κ1) is 19.0. The van der Waals surface area contributed by atoms with Gasteiger partial charge >= 0.3 is 12.1 Å². The number of carbonyl (C=O) groups is 2. The highest BCUT2D eigenvalue weighted by Crippen LogP contribution is 2.29. The first-order valence-corrected chi connectivity index (χ1v) is 7.22. The van der Waals surface area contributed by atoms with Crippen molar-refractivity contribution in [1.29, 1.82) is 0 Å². The van der Waals surface area contributed by atoms with Crippen molar-refractivity contribution >= 4 is 11.9 Å². The van der Waals surface area contributed by atoms with Gasteiger partial charge in [0, 0.05) is 0 Å². The van der Waals surface area contributed by atoms with Crippen LogP contribution in [-0.2, 0) is 26.9 Å². The molecule has 0 fully saturated rings. The van der Waals surface area contributed by atoms with E-state index in [1.54, 1.807) is 6.92 Å². The average Bonchev–Trinajstić information content (AvgIpc) is 2.50. The number of amides is 1. The van der Waals surface area contributed by atoms with Gasteiger partial charge in [-0.3, -0.25) is 4.79 Å². The first-order valence-electron chi connectivity index (χ1n) is 7.22. The smallest absolute Gasteiger partial charge is 0.416 e. The molecule has 4 nitrogen and oxygen atoms in total. The highest BCUT2D eigenvalue weighted by Gasteiger charge is 2.31. The van der Waals surface area contributed by atoms with Gasteiger partial charge in [-0.1, -0.05) is 38.5 Å². The van der Waals surface area contributed by atoms with E-state index in [4.69, 9.17) is 0 Å². The first-order chi connectivity index (χ1) is 10.7. The zero-order valence-corrected chi connectivity index (χ0v) is 13.2. The van der Waals surface area contributed by atoms with Crippen molar-refractivity contribution in [3.63, 3.8) is 0 Å². The van der Waals surface area contributed by atoms with Crippen molar-refractivity contribution in [3.05, 3.63) is 35.4 Å². The van der Waals surface area contributed by atoms with Gasteiger partial charge in [-0.05, 0) is 17.5 Å². The molecule has 1 N–H and O–H groups in total. The standard InChI is InChI=1S/C16H20F3NO3/c1-4-10(2)14(15(22)23-3)20-13(21)9-11-6-5-7-12(8-11)16(17,18)19/h5-8,10,14H,4,9H2,1-3H3,(H,20,21)/t10-,14-/m0/s1. The monoisotopic (exact) mass is 331 g/mol. The van der Waals surface area contributed by atoms with E-state index in [0.29, 0.717) is 6.42 Å². The maximum atomic E-state index is 12.7. The molecule has 0 saturated carbocycles. The summed E-state index contributed by atoms with van der Waals surface area (Å²) in [5.41, 5.74) is -0.584. The summed E-state index contributed by atoms with van der Waals surface area (Å²) < 4.78 is 42.6. The van der Waals surface area contributed by atoms with E-state index in [2.05, 4.69) is 10.1 Å². The summed E-state index contributed by atoms with van der Waals surface area (Å²) in [7, 11) is 1.22. The van der Waals surface area contributed by atoms with Crippen molar-refractivity contribution < 1.29 is 27.5 Å². The molecule has 0 aliphatic rings. The molecule has 1 aromatic carbocycles. The summed E-state index contributed by atoms with van der Waals surface area (Å²) in [4.78, 5) is 23.7. The van der Waals surface area contributed by atoms with Crippen LogP contribution in [0.25, 0.3) is 0 Å². The lowest BCUT2D eigenvalue weighted by Crippen LogP contribution is -2.46. The van der Waals surface area contributed by atoms with Crippen LogP contribution in [0.2, 0.25) is 0 Å². The molecule has 0 aliphatic heterocycles. The number of halogens is 3. The van der Waals surface area contributed by atoms with Gasteiger partial charge in [0.15, 0.2) is 0 Å². The molecule has 0 unspecified atom stereocenters. The topological polar surface area (TPSA) is 55.4 Å². The van der Waals surface area contributed by atoms with Crippen molar-refractivity contribution in [2.24, 2.45) is 5.92 Å². The third-order valence-corrected chi connectivity index (χ3v) is 3.60. The van der Waals surface area contributed by atoms with Gasteiger partial charge in [0.2, 0.25) is 5.91 Å². The van der Waals surface area contributed by atoms with E-state index < -0.39 is 29.7 Å². The summed E-state index contributed by atoms with van der Waals surface area (Å²) in [6.07, 6.45) is -4.06. The Bertz CT molecular complexity index is 558. The van der Waals surface area contributed by atoms with Crippen LogP contribution in [-0.4, -0.2) is 25.0 Å². The van der Waals surface area contributed by atoms with E-state index >= 15 is 0 Å². The third kappa shape index (κ3) is 5.58. The predicted molar refractivity (Wildman–Crippen MR) is 78.5 cm³/mol. The number of methoxy groups -OCH3 is 1. The minimum Gasteiger partial charge on any atom is -0.467 e. The molecular weight excluding hydrogens is 311 g/mol. The van der Waals surface area contributed by atoms with Crippen molar-refractivity contribution in [3.8, 4) is 0 Å². The van der Waals surface area contributed by atoms with Crippen LogP contribution in [0.15, 0.2) is 24.3 Å². The molecule has 23 heavy (non-hydrogen) atoms. The van der Waals surface area contributed by atoms with E-state index in [-0.39, 0.29) is 17.9 Å². The van der Waals surface area contributed by atoms with Gasteiger partial charge in [0.1, 0.15) is 6.04 Å². The number of alkyl halides is 3. The largest absolute Gasteiger partial charge is 0.467 e. The Morgan fingerprint density at radius 3 is 2.48 bits per heavy atom. The molecule has 1 amide bonds. The van der Waals surface area contributed by atoms with Crippen LogP contribution in [0.4, 0.5) is 13.2 Å². The fraction of sp³-hybridized carbons (Fsp3) is 0.500.